The fourth-order valence-electron chi connectivity index (χ4n) is 1.47. The fourth-order valence-corrected chi connectivity index (χ4v) is 2.32. The van der Waals surface area contributed by atoms with Gasteiger partial charge in [0.2, 0.25) is 0 Å². The van der Waals surface area contributed by atoms with Crippen LogP contribution < -0.4 is 0 Å². The maximum Gasteiger partial charge on any atom is 0.145 e. The summed E-state index contributed by atoms with van der Waals surface area (Å²) in [5, 5.41) is 9.99. The zero-order chi connectivity index (χ0) is 8.77. The molecule has 12 heavy (non-hydrogen) atoms. The lowest BCUT2D eigenvalue weighted by molar-refractivity contribution is 0.227. The van der Waals surface area contributed by atoms with Crippen LogP contribution in [0.1, 0.15) is 20.3 Å². The molecule has 1 aliphatic carbocycles. The lowest BCUT2D eigenvalue weighted by Crippen LogP contribution is -2.13. The summed E-state index contributed by atoms with van der Waals surface area (Å²) in [6.45, 7) is 4.42. The third-order valence-corrected chi connectivity index (χ3v) is 3.97. The summed E-state index contributed by atoms with van der Waals surface area (Å²) < 4.78 is 0. The molecule has 0 aromatic carbocycles. The zero-order valence-corrected chi connectivity index (χ0v) is 8.27. The highest BCUT2D eigenvalue weighted by atomic mass is 32.2. The predicted molar refractivity (Wildman–Crippen MR) is 53.0 cm³/mol. The monoisotopic (exact) mass is 182 g/mol. The van der Waals surface area contributed by atoms with E-state index in [9.17, 15) is 5.11 Å². The van der Waals surface area contributed by atoms with E-state index in [1.807, 2.05) is 6.08 Å². The molecule has 3 unspecified atom stereocenters. The van der Waals surface area contributed by atoms with Crippen LogP contribution >= 0.6 is 11.8 Å². The molecule has 0 amide bonds. The van der Waals surface area contributed by atoms with Crippen LogP contribution in [0.4, 0.5) is 0 Å². The highest BCUT2D eigenvalue weighted by Crippen LogP contribution is 2.56. The molecule has 2 aliphatic rings. The third-order valence-electron chi connectivity index (χ3n) is 2.71. The van der Waals surface area contributed by atoms with E-state index < -0.39 is 4.93 Å². The van der Waals surface area contributed by atoms with Crippen molar-refractivity contribution in [2.24, 2.45) is 5.92 Å². The molecular weight excluding hydrogens is 168 g/mol. The van der Waals surface area contributed by atoms with Crippen molar-refractivity contribution in [3.63, 3.8) is 0 Å². The quantitative estimate of drug-likeness (QED) is 0.661. The summed E-state index contributed by atoms with van der Waals surface area (Å²) in [7, 11) is 0. The van der Waals surface area contributed by atoms with Crippen LogP contribution in [-0.4, -0.2) is 15.3 Å². The Hall–Kier alpha value is -0.210. The summed E-state index contributed by atoms with van der Waals surface area (Å²) in [6, 6.07) is 0. The summed E-state index contributed by atoms with van der Waals surface area (Å²) in [4.78, 5) is -0.531. The standard InChI is InChI=1S/C10H14OS/c1-3-7(2)8-4-5-10(11)9(6-8)12-10/h4-7,9,11H,3H2,1-2H3. The van der Waals surface area contributed by atoms with Gasteiger partial charge in [-0.1, -0.05) is 26.0 Å². The molecule has 66 valence electrons. The normalized spacial score (nSPS) is 40.2. The molecule has 0 spiro atoms. The molecule has 0 bridgehead atoms. The Morgan fingerprint density at radius 1 is 1.75 bits per heavy atom. The lowest BCUT2D eigenvalue weighted by Gasteiger charge is -2.14. The molecule has 1 fully saturated rings. The summed E-state index contributed by atoms with van der Waals surface area (Å²) in [5.41, 5.74) is 1.39. The first-order valence-corrected chi connectivity index (χ1v) is 5.35. The van der Waals surface area contributed by atoms with E-state index in [0.29, 0.717) is 11.2 Å². The molecule has 0 aromatic heterocycles. The third kappa shape index (κ3) is 1.23. The smallest absolute Gasteiger partial charge is 0.145 e. The van der Waals surface area contributed by atoms with E-state index in [2.05, 4.69) is 26.0 Å². The molecule has 1 N–H and O–H groups in total. The number of hydrogen-bond acceptors (Lipinski definition) is 2. The van der Waals surface area contributed by atoms with Gasteiger partial charge in [0.05, 0.1) is 5.25 Å². The molecule has 1 aliphatic heterocycles. The van der Waals surface area contributed by atoms with Crippen molar-refractivity contribution >= 4 is 11.8 Å². The second-order valence-electron chi connectivity index (χ2n) is 3.60. The van der Waals surface area contributed by atoms with Crippen LogP contribution in [-0.2, 0) is 0 Å². The van der Waals surface area contributed by atoms with Crippen LogP contribution in [0, 0.1) is 5.92 Å². The van der Waals surface area contributed by atoms with Crippen molar-refractivity contribution in [1.82, 2.24) is 0 Å². The van der Waals surface area contributed by atoms with Crippen LogP contribution in [0.5, 0.6) is 0 Å². The Kier molecular flexibility index (Phi) is 1.85. The van der Waals surface area contributed by atoms with Gasteiger partial charge in [0.1, 0.15) is 4.93 Å². The minimum Gasteiger partial charge on any atom is -0.374 e. The van der Waals surface area contributed by atoms with E-state index in [-0.39, 0.29) is 0 Å². The molecule has 3 atom stereocenters. The van der Waals surface area contributed by atoms with E-state index in [1.54, 1.807) is 11.8 Å². The SMILES string of the molecule is CCC(C)C1=CC2SC2(O)C=C1. The Morgan fingerprint density at radius 2 is 2.50 bits per heavy atom. The van der Waals surface area contributed by atoms with E-state index >= 15 is 0 Å². The van der Waals surface area contributed by atoms with Gasteiger partial charge in [0.15, 0.2) is 0 Å². The number of hydrogen-bond donors (Lipinski definition) is 1. The minimum absolute atomic E-state index is 0.339. The first kappa shape index (κ1) is 8.39. The fraction of sp³-hybridized carbons (Fsp3) is 0.600. The van der Waals surface area contributed by atoms with Gasteiger partial charge >= 0.3 is 0 Å². The molecule has 0 saturated carbocycles. The van der Waals surface area contributed by atoms with Gasteiger partial charge in [-0.05, 0) is 24.0 Å². The van der Waals surface area contributed by atoms with Crippen LogP contribution in [0.15, 0.2) is 23.8 Å². The molecule has 1 saturated heterocycles. The average Bonchev–Trinajstić information content (AvgIpc) is 2.73. The van der Waals surface area contributed by atoms with E-state index in [0.717, 1.165) is 0 Å². The number of thioether (sulfide) groups is 1. The van der Waals surface area contributed by atoms with Crippen LogP contribution in [0.3, 0.4) is 0 Å². The summed E-state index contributed by atoms with van der Waals surface area (Å²) in [6.07, 6.45) is 7.39. The van der Waals surface area contributed by atoms with Gasteiger partial charge in [-0.25, -0.2) is 0 Å². The largest absolute Gasteiger partial charge is 0.374 e. The number of rotatable bonds is 2. The van der Waals surface area contributed by atoms with Crippen molar-refractivity contribution < 1.29 is 5.11 Å². The predicted octanol–water partition coefficient (Wildman–Crippen LogP) is 2.33. The van der Waals surface area contributed by atoms with Gasteiger partial charge < -0.3 is 5.11 Å². The Bertz CT molecular complexity index is 257. The topological polar surface area (TPSA) is 20.2 Å². The molecule has 2 rings (SSSR count). The Labute approximate surface area is 77.6 Å². The molecule has 1 heterocycles. The first-order chi connectivity index (χ1) is 5.65. The molecular formula is C10H14OS. The number of fused-ring (bicyclic) bond motifs is 1. The average molecular weight is 182 g/mol. The lowest BCUT2D eigenvalue weighted by atomic mass is 9.93. The Balaban J connectivity index is 2.12. The van der Waals surface area contributed by atoms with Gasteiger partial charge in [0.25, 0.3) is 0 Å². The van der Waals surface area contributed by atoms with Crippen molar-refractivity contribution in [1.29, 1.82) is 0 Å². The second kappa shape index (κ2) is 2.64. The van der Waals surface area contributed by atoms with Gasteiger partial charge in [-0.2, -0.15) is 0 Å². The highest BCUT2D eigenvalue weighted by Gasteiger charge is 2.52. The second-order valence-corrected chi connectivity index (χ2v) is 5.00. The minimum atomic E-state index is -0.531. The zero-order valence-electron chi connectivity index (χ0n) is 7.45. The Morgan fingerprint density at radius 3 is 3.08 bits per heavy atom. The van der Waals surface area contributed by atoms with E-state index in [1.165, 1.54) is 12.0 Å². The number of aliphatic hydroxyl groups is 1. The van der Waals surface area contributed by atoms with Crippen molar-refractivity contribution in [2.75, 3.05) is 0 Å². The summed E-state index contributed by atoms with van der Waals surface area (Å²) >= 11 is 1.63. The highest BCUT2D eigenvalue weighted by molar-refractivity contribution is 8.08. The molecule has 1 nitrogen and oxygen atoms in total. The molecule has 2 heteroatoms. The van der Waals surface area contributed by atoms with Gasteiger partial charge in [-0.15, -0.1) is 11.8 Å². The maximum atomic E-state index is 9.65. The van der Waals surface area contributed by atoms with Crippen LogP contribution in [0.25, 0.3) is 0 Å². The van der Waals surface area contributed by atoms with Crippen molar-refractivity contribution in [3.8, 4) is 0 Å². The summed E-state index contributed by atoms with van der Waals surface area (Å²) in [5.74, 6) is 0.631. The first-order valence-electron chi connectivity index (χ1n) is 4.47. The van der Waals surface area contributed by atoms with E-state index in [4.69, 9.17) is 0 Å². The van der Waals surface area contributed by atoms with Crippen LogP contribution in [0.2, 0.25) is 0 Å². The molecule has 0 aromatic rings. The van der Waals surface area contributed by atoms with Gasteiger partial charge in [0, 0.05) is 0 Å². The van der Waals surface area contributed by atoms with Crippen molar-refractivity contribution in [2.45, 2.75) is 30.5 Å². The van der Waals surface area contributed by atoms with Crippen molar-refractivity contribution in [3.05, 3.63) is 23.8 Å². The maximum absolute atomic E-state index is 9.65. The number of allylic oxidation sites excluding steroid dienone is 2. The molecule has 0 radical (unpaired) electrons. The van der Waals surface area contributed by atoms with Gasteiger partial charge in [-0.3, -0.25) is 0 Å².